The van der Waals surface area contributed by atoms with Gasteiger partial charge < -0.3 is 0 Å². The molecule has 0 bridgehead atoms. The minimum atomic E-state index is -0.0708. The summed E-state index contributed by atoms with van der Waals surface area (Å²) in [5.74, 6) is 0.251. The van der Waals surface area contributed by atoms with Crippen LogP contribution in [0.5, 0.6) is 0 Å². The maximum absolute atomic E-state index is 12.4. The van der Waals surface area contributed by atoms with Crippen molar-refractivity contribution in [3.8, 4) is 0 Å². The van der Waals surface area contributed by atoms with E-state index in [9.17, 15) is 4.79 Å². The highest BCUT2D eigenvalue weighted by Crippen LogP contribution is 2.41. The van der Waals surface area contributed by atoms with Gasteiger partial charge in [0.15, 0.2) is 5.78 Å². The fraction of sp³-hybridized carbons (Fsp3) is 0.143. The standard InChI is InChI=1S/C14H10N2O/c17-14-9-5-2-1-4-8(9)13-12-10(14)6-3-7-11(12)15-16-13/h1-9H,(H,15,16). The largest absolute Gasteiger partial charge is 0.293 e. The van der Waals surface area contributed by atoms with Gasteiger partial charge in [-0.15, -0.1) is 0 Å². The Morgan fingerprint density at radius 3 is 2.82 bits per heavy atom. The molecule has 3 nitrogen and oxygen atoms in total. The van der Waals surface area contributed by atoms with E-state index in [1.807, 2.05) is 36.4 Å². The summed E-state index contributed by atoms with van der Waals surface area (Å²) in [6.45, 7) is 0. The average Bonchev–Trinajstić information content (AvgIpc) is 2.81. The molecule has 2 aromatic rings. The number of Topliss-reactive ketones (excluding diaryl/α,β-unsaturated/α-hetero) is 1. The Kier molecular flexibility index (Phi) is 1.55. The van der Waals surface area contributed by atoms with Crippen LogP contribution in [-0.4, -0.2) is 16.0 Å². The SMILES string of the molecule is O=C1c2cccc3n[nH]c(c23)C2C=CC=CC12. The van der Waals surface area contributed by atoms with E-state index < -0.39 is 0 Å². The number of allylic oxidation sites excluding steroid dienone is 4. The number of aromatic nitrogens is 2. The summed E-state index contributed by atoms with van der Waals surface area (Å²) in [5, 5.41) is 8.37. The summed E-state index contributed by atoms with van der Waals surface area (Å²) < 4.78 is 0. The minimum Gasteiger partial charge on any atom is -0.293 e. The molecule has 82 valence electrons. The molecule has 1 aromatic heterocycles. The number of hydrogen-bond donors (Lipinski definition) is 1. The number of nitrogens with one attached hydrogen (secondary N) is 1. The molecular weight excluding hydrogens is 212 g/mol. The van der Waals surface area contributed by atoms with E-state index >= 15 is 0 Å². The number of rotatable bonds is 0. The third-order valence-electron chi connectivity index (χ3n) is 3.65. The van der Waals surface area contributed by atoms with Gasteiger partial charge in [-0.2, -0.15) is 5.10 Å². The summed E-state index contributed by atoms with van der Waals surface area (Å²) in [6, 6.07) is 5.73. The lowest BCUT2D eigenvalue weighted by atomic mass is 9.75. The number of ketones is 1. The van der Waals surface area contributed by atoms with Crippen molar-refractivity contribution in [2.75, 3.05) is 0 Å². The lowest BCUT2D eigenvalue weighted by molar-refractivity contribution is 0.0934. The number of fused-ring (bicyclic) bond motifs is 2. The topological polar surface area (TPSA) is 45.8 Å². The van der Waals surface area contributed by atoms with Crippen molar-refractivity contribution in [2.45, 2.75) is 5.92 Å². The van der Waals surface area contributed by atoms with Crippen molar-refractivity contribution < 1.29 is 4.79 Å². The van der Waals surface area contributed by atoms with Gasteiger partial charge >= 0.3 is 0 Å². The number of benzene rings is 1. The van der Waals surface area contributed by atoms with Crippen molar-refractivity contribution in [1.82, 2.24) is 10.2 Å². The number of nitrogens with zero attached hydrogens (tertiary/aromatic N) is 1. The molecule has 0 aliphatic heterocycles. The lowest BCUT2D eigenvalue weighted by Gasteiger charge is -2.27. The summed E-state index contributed by atoms with van der Waals surface area (Å²) in [5.41, 5.74) is 2.75. The lowest BCUT2D eigenvalue weighted by Crippen LogP contribution is -2.25. The Balaban J connectivity index is 2.12. The summed E-state index contributed by atoms with van der Waals surface area (Å²) in [6.07, 6.45) is 8.00. The van der Waals surface area contributed by atoms with Crippen LogP contribution in [0, 0.1) is 5.92 Å². The average molecular weight is 222 g/mol. The smallest absolute Gasteiger partial charge is 0.171 e. The van der Waals surface area contributed by atoms with E-state index in [4.69, 9.17) is 0 Å². The Hall–Kier alpha value is -2.16. The second kappa shape index (κ2) is 2.94. The van der Waals surface area contributed by atoms with Crippen molar-refractivity contribution >= 4 is 16.7 Å². The molecule has 1 heterocycles. The van der Waals surface area contributed by atoms with E-state index in [-0.39, 0.29) is 17.6 Å². The Bertz CT molecular complexity index is 693. The molecule has 1 N–H and O–H groups in total. The molecule has 0 saturated carbocycles. The van der Waals surface area contributed by atoms with Crippen molar-refractivity contribution in [3.63, 3.8) is 0 Å². The van der Waals surface area contributed by atoms with Crippen molar-refractivity contribution in [2.24, 2.45) is 5.92 Å². The van der Waals surface area contributed by atoms with Gasteiger partial charge in [0.1, 0.15) is 0 Å². The van der Waals surface area contributed by atoms with E-state index in [0.717, 1.165) is 22.2 Å². The van der Waals surface area contributed by atoms with E-state index in [2.05, 4.69) is 16.3 Å². The van der Waals surface area contributed by atoms with Gasteiger partial charge in [-0.3, -0.25) is 9.89 Å². The summed E-state index contributed by atoms with van der Waals surface area (Å²) in [7, 11) is 0. The molecule has 17 heavy (non-hydrogen) atoms. The van der Waals surface area contributed by atoms with Gasteiger partial charge in [0, 0.05) is 16.9 Å². The zero-order valence-electron chi connectivity index (χ0n) is 9.05. The Morgan fingerprint density at radius 2 is 1.94 bits per heavy atom. The second-order valence-electron chi connectivity index (χ2n) is 4.52. The first-order chi connectivity index (χ1) is 8.36. The van der Waals surface area contributed by atoms with Gasteiger partial charge in [-0.25, -0.2) is 0 Å². The third kappa shape index (κ3) is 1.01. The predicted octanol–water partition coefficient (Wildman–Crippen LogP) is 2.59. The molecule has 0 radical (unpaired) electrons. The molecule has 1 aromatic carbocycles. The Labute approximate surface area is 97.8 Å². The maximum atomic E-state index is 12.4. The summed E-state index contributed by atoms with van der Waals surface area (Å²) in [4.78, 5) is 12.4. The number of aromatic amines is 1. The van der Waals surface area contributed by atoms with Gasteiger partial charge in [-0.1, -0.05) is 36.4 Å². The summed E-state index contributed by atoms with van der Waals surface area (Å²) >= 11 is 0. The first-order valence-corrected chi connectivity index (χ1v) is 5.72. The highest BCUT2D eigenvalue weighted by atomic mass is 16.1. The third-order valence-corrected chi connectivity index (χ3v) is 3.65. The zero-order chi connectivity index (χ0) is 11.4. The minimum absolute atomic E-state index is 0.0708. The molecule has 0 spiro atoms. The van der Waals surface area contributed by atoms with Gasteiger partial charge in [0.25, 0.3) is 0 Å². The molecule has 4 rings (SSSR count). The zero-order valence-corrected chi connectivity index (χ0v) is 9.05. The molecule has 2 atom stereocenters. The van der Waals surface area contributed by atoms with Crippen LogP contribution in [0.1, 0.15) is 22.0 Å². The van der Waals surface area contributed by atoms with Crippen LogP contribution in [0.25, 0.3) is 10.9 Å². The molecule has 2 aliphatic rings. The van der Waals surface area contributed by atoms with Gasteiger partial charge in [0.05, 0.1) is 17.1 Å². The van der Waals surface area contributed by atoms with E-state index in [0.29, 0.717) is 0 Å². The maximum Gasteiger partial charge on any atom is 0.171 e. The van der Waals surface area contributed by atoms with Crippen LogP contribution in [0.15, 0.2) is 42.5 Å². The highest BCUT2D eigenvalue weighted by molar-refractivity contribution is 6.12. The fourth-order valence-electron chi connectivity index (χ4n) is 2.85. The van der Waals surface area contributed by atoms with Crippen LogP contribution in [0.3, 0.4) is 0 Å². The van der Waals surface area contributed by atoms with Crippen LogP contribution in [0.2, 0.25) is 0 Å². The van der Waals surface area contributed by atoms with Crippen molar-refractivity contribution in [1.29, 1.82) is 0 Å². The number of H-pyrrole nitrogens is 1. The van der Waals surface area contributed by atoms with Crippen LogP contribution in [-0.2, 0) is 0 Å². The van der Waals surface area contributed by atoms with Crippen LogP contribution >= 0.6 is 0 Å². The monoisotopic (exact) mass is 222 g/mol. The number of carbonyl (C=O) groups excluding carboxylic acids is 1. The normalized spacial score (nSPS) is 25.3. The predicted molar refractivity (Wildman–Crippen MR) is 64.9 cm³/mol. The van der Waals surface area contributed by atoms with E-state index in [1.54, 1.807) is 0 Å². The van der Waals surface area contributed by atoms with Gasteiger partial charge in [-0.05, 0) is 6.07 Å². The fourth-order valence-corrected chi connectivity index (χ4v) is 2.85. The Morgan fingerprint density at radius 1 is 1.12 bits per heavy atom. The molecule has 3 heteroatoms. The van der Waals surface area contributed by atoms with Crippen molar-refractivity contribution in [3.05, 3.63) is 53.8 Å². The van der Waals surface area contributed by atoms with Crippen LogP contribution in [0.4, 0.5) is 0 Å². The molecule has 2 unspecified atom stereocenters. The first-order valence-electron chi connectivity index (χ1n) is 5.72. The first kappa shape index (κ1) is 8.93. The van der Waals surface area contributed by atoms with E-state index in [1.165, 1.54) is 0 Å². The van der Waals surface area contributed by atoms with Crippen LogP contribution < -0.4 is 0 Å². The van der Waals surface area contributed by atoms with Gasteiger partial charge in [0.2, 0.25) is 0 Å². The molecule has 2 aliphatic carbocycles. The molecule has 0 fully saturated rings. The quantitative estimate of drug-likeness (QED) is 0.744. The molecular formula is C14H10N2O. The number of carbonyl (C=O) groups is 1. The molecule has 0 amide bonds. The highest BCUT2D eigenvalue weighted by Gasteiger charge is 2.36. The number of hydrogen-bond acceptors (Lipinski definition) is 2. The molecule has 0 saturated heterocycles. The second-order valence-corrected chi connectivity index (χ2v) is 4.52.